The van der Waals surface area contributed by atoms with Crippen molar-refractivity contribution in [1.29, 1.82) is 0 Å². The highest BCUT2D eigenvalue weighted by Gasteiger charge is 2.14. The number of nitrogens with zero attached hydrogens (tertiary/aromatic N) is 2. The van der Waals surface area contributed by atoms with Crippen LogP contribution in [0.5, 0.6) is 11.5 Å². The Balaban J connectivity index is 1.25. The SMILES string of the molecule is O=C(Cc1ccc(F)cc1)NC(=S)Nc1ccc(Oc2ccnc3cc(-c4cc[n+]([O-])cc4)sc23)c(F)c1. The summed E-state index contributed by atoms with van der Waals surface area (Å²) in [6.07, 6.45) is 4.42. The number of anilines is 1. The smallest absolute Gasteiger partial charge is 0.230 e. The highest BCUT2D eigenvalue weighted by atomic mass is 32.1. The Hall–Kier alpha value is -4.48. The van der Waals surface area contributed by atoms with Crippen molar-refractivity contribution < 1.29 is 23.0 Å². The topological polar surface area (TPSA) is 90.2 Å². The molecule has 7 nitrogen and oxygen atoms in total. The number of benzene rings is 2. The van der Waals surface area contributed by atoms with Crippen molar-refractivity contribution in [3.05, 3.63) is 108 Å². The molecule has 1 amide bonds. The Morgan fingerprint density at radius 3 is 2.53 bits per heavy atom. The number of carbonyl (C=O) groups is 1. The van der Waals surface area contributed by atoms with Crippen LogP contribution in [-0.4, -0.2) is 16.0 Å². The van der Waals surface area contributed by atoms with E-state index in [0.29, 0.717) is 27.2 Å². The summed E-state index contributed by atoms with van der Waals surface area (Å²) in [4.78, 5) is 17.4. The van der Waals surface area contributed by atoms with E-state index in [1.54, 1.807) is 30.5 Å². The minimum absolute atomic E-state index is 0.00336. The van der Waals surface area contributed by atoms with Gasteiger partial charge >= 0.3 is 0 Å². The summed E-state index contributed by atoms with van der Waals surface area (Å²) in [6.45, 7) is 0. The first kappa shape index (κ1) is 25.2. The molecule has 11 heteroatoms. The predicted octanol–water partition coefficient (Wildman–Crippen LogP) is 5.72. The normalized spacial score (nSPS) is 10.8. The molecule has 0 unspecified atom stereocenters. The van der Waals surface area contributed by atoms with Crippen LogP contribution in [-0.2, 0) is 11.2 Å². The molecule has 0 bridgehead atoms. The van der Waals surface area contributed by atoms with E-state index >= 15 is 0 Å². The quantitative estimate of drug-likeness (QED) is 0.160. The summed E-state index contributed by atoms with van der Waals surface area (Å²) in [5.41, 5.74) is 2.48. The van der Waals surface area contributed by atoms with E-state index in [-0.39, 0.29) is 23.1 Å². The number of halogens is 2. The van der Waals surface area contributed by atoms with Gasteiger partial charge in [-0.2, -0.15) is 4.73 Å². The van der Waals surface area contributed by atoms with Crippen LogP contribution in [0.3, 0.4) is 0 Å². The van der Waals surface area contributed by atoms with Crippen molar-refractivity contribution in [2.24, 2.45) is 0 Å². The van der Waals surface area contributed by atoms with Gasteiger partial charge in [0.2, 0.25) is 5.91 Å². The molecule has 3 aromatic heterocycles. The van der Waals surface area contributed by atoms with Crippen molar-refractivity contribution in [1.82, 2.24) is 10.3 Å². The molecule has 38 heavy (non-hydrogen) atoms. The molecule has 190 valence electrons. The molecule has 5 aromatic rings. The molecular weight excluding hydrogens is 530 g/mol. The highest BCUT2D eigenvalue weighted by molar-refractivity contribution is 7.80. The number of ether oxygens (including phenoxy) is 1. The van der Waals surface area contributed by atoms with Gasteiger partial charge in [0.25, 0.3) is 0 Å². The van der Waals surface area contributed by atoms with Crippen molar-refractivity contribution in [2.75, 3.05) is 5.32 Å². The lowest BCUT2D eigenvalue weighted by molar-refractivity contribution is -0.605. The number of amides is 1. The monoisotopic (exact) mass is 548 g/mol. The van der Waals surface area contributed by atoms with E-state index in [4.69, 9.17) is 17.0 Å². The number of hydrogen-bond donors (Lipinski definition) is 2. The van der Waals surface area contributed by atoms with Crippen molar-refractivity contribution in [2.45, 2.75) is 6.42 Å². The summed E-state index contributed by atoms with van der Waals surface area (Å²) in [5.74, 6) is -0.990. The van der Waals surface area contributed by atoms with Gasteiger partial charge in [-0.05, 0) is 48.1 Å². The number of aromatic nitrogens is 2. The maximum atomic E-state index is 14.9. The number of thiocarbonyl (C=S) groups is 1. The molecule has 0 aliphatic carbocycles. The maximum absolute atomic E-state index is 14.9. The average molecular weight is 549 g/mol. The summed E-state index contributed by atoms with van der Waals surface area (Å²) in [6, 6.07) is 16.7. The maximum Gasteiger partial charge on any atom is 0.230 e. The lowest BCUT2D eigenvalue weighted by Gasteiger charge is -2.12. The van der Waals surface area contributed by atoms with Gasteiger partial charge in [0.1, 0.15) is 11.6 Å². The number of rotatable bonds is 6. The van der Waals surface area contributed by atoms with Crippen LogP contribution in [0.25, 0.3) is 20.7 Å². The fourth-order valence-corrected chi connectivity index (χ4v) is 4.92. The zero-order valence-electron chi connectivity index (χ0n) is 19.5. The van der Waals surface area contributed by atoms with Gasteiger partial charge < -0.3 is 20.6 Å². The first-order valence-electron chi connectivity index (χ1n) is 11.2. The third kappa shape index (κ3) is 5.90. The fourth-order valence-electron chi connectivity index (χ4n) is 3.62. The van der Waals surface area contributed by atoms with Crippen LogP contribution in [0.15, 0.2) is 85.3 Å². The predicted molar refractivity (Wildman–Crippen MR) is 145 cm³/mol. The summed E-state index contributed by atoms with van der Waals surface area (Å²) < 4.78 is 35.2. The zero-order chi connectivity index (χ0) is 26.6. The molecule has 3 heterocycles. The minimum Gasteiger partial charge on any atom is -0.619 e. The van der Waals surface area contributed by atoms with E-state index in [1.165, 1.54) is 60.1 Å². The Kier molecular flexibility index (Phi) is 7.20. The number of carbonyl (C=O) groups excluding carboxylic acids is 1. The van der Waals surface area contributed by atoms with Gasteiger partial charge in [0, 0.05) is 46.6 Å². The summed E-state index contributed by atoms with van der Waals surface area (Å²) >= 11 is 6.57. The van der Waals surface area contributed by atoms with Gasteiger partial charge in [-0.25, -0.2) is 8.78 Å². The molecule has 2 N–H and O–H groups in total. The van der Waals surface area contributed by atoms with Gasteiger partial charge in [0.15, 0.2) is 29.1 Å². The molecule has 2 aromatic carbocycles. The highest BCUT2D eigenvalue weighted by Crippen LogP contribution is 2.39. The molecule has 0 saturated carbocycles. The molecule has 0 radical (unpaired) electrons. The zero-order valence-corrected chi connectivity index (χ0v) is 21.1. The Labute approximate surface area is 224 Å². The summed E-state index contributed by atoms with van der Waals surface area (Å²) in [5, 5.41) is 16.6. The lowest BCUT2D eigenvalue weighted by atomic mass is 10.1. The second-order valence-corrected chi connectivity index (χ2v) is 9.59. The van der Waals surface area contributed by atoms with Gasteiger partial charge in [-0.1, -0.05) is 12.1 Å². The van der Waals surface area contributed by atoms with E-state index in [9.17, 15) is 18.8 Å². The molecule has 0 saturated heterocycles. The fraction of sp³-hybridized carbons (Fsp3) is 0.0370. The largest absolute Gasteiger partial charge is 0.619 e. The van der Waals surface area contributed by atoms with Crippen LogP contribution in [0, 0.1) is 16.8 Å². The standard InChI is InChI=1S/C27H18F2N4O3S2/c28-18-3-1-16(2-4-18)13-25(34)32-27(37)31-19-5-6-22(20(29)14-19)36-23-7-10-30-21-15-24(38-26(21)23)17-8-11-33(35)12-9-17/h1-12,14-15H,13H2,(H2,31,32,34,37). The van der Waals surface area contributed by atoms with Crippen molar-refractivity contribution >= 4 is 50.5 Å². The van der Waals surface area contributed by atoms with E-state index in [0.717, 1.165) is 15.1 Å². The first-order valence-corrected chi connectivity index (χ1v) is 12.5. The van der Waals surface area contributed by atoms with Crippen LogP contribution < -0.4 is 20.1 Å². The molecule has 0 spiro atoms. The number of nitrogens with one attached hydrogen (secondary N) is 2. The molecule has 0 aliphatic rings. The van der Waals surface area contributed by atoms with E-state index < -0.39 is 11.7 Å². The molecule has 5 rings (SSSR count). The third-order valence-electron chi connectivity index (χ3n) is 5.40. The second kappa shape index (κ2) is 10.9. The van der Waals surface area contributed by atoms with Crippen molar-refractivity contribution in [3.8, 4) is 21.9 Å². The van der Waals surface area contributed by atoms with E-state index in [1.807, 2.05) is 6.07 Å². The van der Waals surface area contributed by atoms with Crippen LogP contribution in [0.1, 0.15) is 5.56 Å². The summed E-state index contributed by atoms with van der Waals surface area (Å²) in [7, 11) is 0. The molecule has 0 aliphatic heterocycles. The van der Waals surface area contributed by atoms with Crippen LogP contribution in [0.4, 0.5) is 14.5 Å². The second-order valence-electron chi connectivity index (χ2n) is 8.13. The lowest BCUT2D eigenvalue weighted by Crippen LogP contribution is -2.35. The van der Waals surface area contributed by atoms with E-state index in [2.05, 4.69) is 15.6 Å². The number of hydrogen-bond acceptors (Lipinski definition) is 6. The first-order chi connectivity index (χ1) is 18.3. The average Bonchev–Trinajstić information content (AvgIpc) is 3.33. The minimum atomic E-state index is -0.639. The molecule has 0 fully saturated rings. The number of thiophene rings is 1. The van der Waals surface area contributed by atoms with Gasteiger partial charge in [-0.3, -0.25) is 9.78 Å². The van der Waals surface area contributed by atoms with Gasteiger partial charge in [-0.15, -0.1) is 11.3 Å². The number of fused-ring (bicyclic) bond motifs is 1. The third-order valence-corrected chi connectivity index (χ3v) is 6.79. The van der Waals surface area contributed by atoms with Crippen LogP contribution in [0.2, 0.25) is 0 Å². The Morgan fingerprint density at radius 1 is 1.03 bits per heavy atom. The Morgan fingerprint density at radius 2 is 1.79 bits per heavy atom. The van der Waals surface area contributed by atoms with Crippen LogP contribution >= 0.6 is 23.6 Å². The molecule has 0 atom stereocenters. The number of pyridine rings is 2. The van der Waals surface area contributed by atoms with Crippen molar-refractivity contribution in [3.63, 3.8) is 0 Å². The molecular formula is C27H18F2N4O3S2. The van der Waals surface area contributed by atoms with Gasteiger partial charge in [0.05, 0.1) is 16.6 Å². The Bertz CT molecular complexity index is 1640.